The molecule has 0 spiro atoms. The van der Waals surface area contributed by atoms with Crippen LogP contribution < -0.4 is 42.9 Å². The highest BCUT2D eigenvalue weighted by Crippen LogP contribution is 2.49. The summed E-state index contributed by atoms with van der Waals surface area (Å²) in [5.74, 6) is 0.503. The first-order valence-corrected chi connectivity index (χ1v) is 34.5. The third-order valence-corrected chi connectivity index (χ3v) is 18.2. The van der Waals surface area contributed by atoms with E-state index in [1.54, 1.807) is 111 Å². The van der Waals surface area contributed by atoms with E-state index in [2.05, 4.69) is 64.6 Å². The Hall–Kier alpha value is -10.1. The van der Waals surface area contributed by atoms with Gasteiger partial charge in [0.25, 0.3) is 0 Å². The lowest BCUT2D eigenvalue weighted by atomic mass is 9.93. The molecule has 0 bridgehead atoms. The van der Waals surface area contributed by atoms with Gasteiger partial charge in [-0.2, -0.15) is 0 Å². The van der Waals surface area contributed by atoms with Crippen LogP contribution in [0.4, 0.5) is 30.6 Å². The number of nitrogen functional groups attached to an aromatic ring is 3. The van der Waals surface area contributed by atoms with Crippen molar-refractivity contribution >= 4 is 121 Å². The molecule has 12 rings (SSSR count). The third-order valence-electron chi connectivity index (χ3n) is 16.6. The number of hydrogen-bond acceptors (Lipinski definition) is 18. The number of nitrogens with two attached hydrogens (primary N) is 5. The minimum absolute atomic E-state index is 0.0436. The van der Waals surface area contributed by atoms with Crippen LogP contribution in [0.15, 0.2) is 130 Å². The molecular formula is C74H73Cl6F3N18O3. The van der Waals surface area contributed by atoms with E-state index in [1.807, 2.05) is 81.3 Å². The van der Waals surface area contributed by atoms with Crippen LogP contribution in [-0.4, -0.2) is 95.4 Å². The molecule has 0 saturated heterocycles. The van der Waals surface area contributed by atoms with Crippen molar-refractivity contribution in [2.24, 2.45) is 11.5 Å². The number of hydrogen-bond donors (Lipinski definition) is 5. The highest BCUT2D eigenvalue weighted by molar-refractivity contribution is 6.34. The van der Waals surface area contributed by atoms with Crippen LogP contribution in [0.5, 0.6) is 17.2 Å². The van der Waals surface area contributed by atoms with Gasteiger partial charge in [0, 0.05) is 121 Å². The van der Waals surface area contributed by atoms with Crippen LogP contribution in [0.25, 0.3) is 67.0 Å². The van der Waals surface area contributed by atoms with Crippen LogP contribution in [0.2, 0.25) is 30.5 Å². The standard InChI is InChI=1S/C26H27Cl2FN6O.2C24H23Cl2FN6O/c1-13(2)36-23-17(14(3)26-33-24(28)22-25(30)31-9-10-35(22)26)11-18(27)21(29)20(23)16-7-8-19(32-12-16)15(4)34(5)6;2*1-11(2)34-21-15(12(3)24-32-22(26)20-23(29)30-7-8-33(20)24)9-16(25)19(27)18(21)14-5-6-17(13(4)28)31-10-14/h7-14H,4H2,1-3,5-6H3,(H2,30,31);2*5-12H,4,28H2,1-3H3,(H2,29,30)/t14-;2*12-/m110/s1. The average Bonchev–Trinajstić information content (AvgIpc) is 1.29. The smallest absolute Gasteiger partial charge is 0.158 e. The largest absolute Gasteiger partial charge is 0.490 e. The quantitative estimate of drug-likeness (QED) is 0.0503. The first kappa shape index (κ1) is 76.6. The SMILES string of the molecule is C=C(N)c1ccc(-c2c(F)c(Cl)cc([C@@H](C)c3nc(Cl)c4c(N)nccn34)c2OC(C)C)cn1.C=C(N)c1ccc(-c2c(F)c(Cl)cc([C@H](C)c3nc(Cl)c4c(N)nccn34)c2OC(C)C)cn1.C=C(c1ccc(-c2c(F)c(Cl)cc([C@@H](C)c3nc(Cl)c4c(N)nccn34)c2OC(C)C)cn1)N(C)C. The van der Waals surface area contributed by atoms with Crippen LogP contribution in [0.1, 0.15) is 131 Å². The van der Waals surface area contributed by atoms with E-state index in [0.29, 0.717) is 113 Å². The predicted molar refractivity (Wildman–Crippen MR) is 410 cm³/mol. The van der Waals surface area contributed by atoms with Gasteiger partial charge in [0.05, 0.1) is 84.2 Å². The molecule has 12 aromatic rings. The number of pyridine rings is 3. The van der Waals surface area contributed by atoms with Crippen LogP contribution in [-0.2, 0) is 0 Å². The lowest BCUT2D eigenvalue weighted by Crippen LogP contribution is -2.13. The number of nitrogens with zero attached hydrogens (tertiary/aromatic N) is 13. The van der Waals surface area contributed by atoms with E-state index in [1.165, 1.54) is 12.4 Å². The van der Waals surface area contributed by atoms with Crippen molar-refractivity contribution in [3.63, 3.8) is 0 Å². The molecule has 0 unspecified atom stereocenters. The zero-order chi connectivity index (χ0) is 75.8. The molecule has 0 saturated carbocycles. The molecule has 0 fully saturated rings. The maximum atomic E-state index is 15.6. The van der Waals surface area contributed by atoms with Gasteiger partial charge in [0.2, 0.25) is 0 Å². The summed E-state index contributed by atoms with van der Waals surface area (Å²) in [5.41, 5.74) is 38.0. The van der Waals surface area contributed by atoms with Gasteiger partial charge in [-0.25, -0.2) is 43.1 Å². The summed E-state index contributed by atoms with van der Waals surface area (Å²) in [4.78, 5) is 40.8. The molecule has 0 radical (unpaired) electrons. The fourth-order valence-electron chi connectivity index (χ4n) is 11.6. The summed E-state index contributed by atoms with van der Waals surface area (Å²) in [6.07, 6.45) is 13.7. The lowest BCUT2D eigenvalue weighted by Gasteiger charge is -2.23. The molecule has 0 aliphatic carbocycles. The van der Waals surface area contributed by atoms with Gasteiger partial charge in [0.15, 0.2) is 50.4 Å². The Morgan fingerprint density at radius 1 is 0.433 bits per heavy atom. The van der Waals surface area contributed by atoms with Crippen molar-refractivity contribution in [1.82, 2.24) is 63.0 Å². The molecule has 9 heterocycles. The molecule has 3 aromatic carbocycles. The molecule has 3 atom stereocenters. The van der Waals surface area contributed by atoms with Crippen molar-refractivity contribution in [2.45, 2.75) is 98.4 Å². The molecule has 21 nitrogen and oxygen atoms in total. The van der Waals surface area contributed by atoms with Gasteiger partial charge in [-0.05, 0) is 77.9 Å². The van der Waals surface area contributed by atoms with Crippen molar-refractivity contribution in [2.75, 3.05) is 31.3 Å². The predicted octanol–water partition coefficient (Wildman–Crippen LogP) is 17.7. The van der Waals surface area contributed by atoms with Crippen molar-refractivity contribution in [3.8, 4) is 50.6 Å². The second-order valence-corrected chi connectivity index (χ2v) is 27.4. The Morgan fingerprint density at radius 2 is 0.702 bits per heavy atom. The monoisotopic (exact) mass is 1530 g/mol. The molecular weight excluding hydrogens is 1460 g/mol. The van der Waals surface area contributed by atoms with E-state index in [4.69, 9.17) is 112 Å². The fourth-order valence-corrected chi connectivity index (χ4v) is 13.0. The number of fused-ring (bicyclic) bond motifs is 3. The normalized spacial score (nSPS) is 12.3. The molecule has 9 aromatic heterocycles. The number of imidazole rings is 3. The Balaban J connectivity index is 0.000000168. The van der Waals surface area contributed by atoms with E-state index >= 15 is 13.2 Å². The van der Waals surface area contributed by atoms with Gasteiger partial charge >= 0.3 is 0 Å². The number of ether oxygens (including phenoxy) is 3. The molecule has 0 aliphatic rings. The van der Waals surface area contributed by atoms with Gasteiger partial charge in [-0.3, -0.25) is 28.2 Å². The average molecular weight is 1530 g/mol. The van der Waals surface area contributed by atoms with Crippen molar-refractivity contribution in [3.05, 3.63) is 229 Å². The summed E-state index contributed by atoms with van der Waals surface area (Å²) in [6, 6.07) is 15.0. The second kappa shape index (κ2) is 31.5. The number of rotatable bonds is 19. The van der Waals surface area contributed by atoms with E-state index < -0.39 is 35.2 Å². The first-order valence-electron chi connectivity index (χ1n) is 32.2. The molecule has 30 heteroatoms. The van der Waals surface area contributed by atoms with Gasteiger partial charge < -0.3 is 47.8 Å². The topological polar surface area (TPSA) is 290 Å². The minimum atomic E-state index is -0.617. The summed E-state index contributed by atoms with van der Waals surface area (Å²) >= 11 is 38.3. The number of aromatic nitrogens is 12. The van der Waals surface area contributed by atoms with E-state index in [9.17, 15) is 0 Å². The Labute approximate surface area is 628 Å². The molecule has 540 valence electrons. The van der Waals surface area contributed by atoms with Gasteiger partial charge in [-0.15, -0.1) is 0 Å². The van der Waals surface area contributed by atoms with E-state index in [-0.39, 0.29) is 83.0 Å². The Kier molecular flexibility index (Phi) is 23.2. The highest BCUT2D eigenvalue weighted by atomic mass is 35.5. The summed E-state index contributed by atoms with van der Waals surface area (Å²) < 4.78 is 70.3. The zero-order valence-electron chi connectivity index (χ0n) is 58.3. The van der Waals surface area contributed by atoms with Gasteiger partial charge in [0.1, 0.15) is 51.3 Å². The van der Waals surface area contributed by atoms with E-state index in [0.717, 1.165) is 5.70 Å². The summed E-state index contributed by atoms with van der Waals surface area (Å²) in [5, 5.41) is 0.492. The number of benzene rings is 3. The number of anilines is 3. The minimum Gasteiger partial charge on any atom is -0.490 e. The first-order chi connectivity index (χ1) is 49.2. The van der Waals surface area contributed by atoms with Crippen molar-refractivity contribution in [1.29, 1.82) is 0 Å². The Morgan fingerprint density at radius 3 is 0.933 bits per heavy atom. The van der Waals surface area contributed by atoms with Crippen LogP contribution in [0.3, 0.4) is 0 Å². The fraction of sp³-hybridized carbons (Fsp3) is 0.230. The van der Waals surface area contributed by atoms with Crippen molar-refractivity contribution < 1.29 is 27.4 Å². The molecule has 104 heavy (non-hydrogen) atoms. The highest BCUT2D eigenvalue weighted by Gasteiger charge is 2.33. The molecule has 0 amide bonds. The van der Waals surface area contributed by atoms with Crippen LogP contribution >= 0.6 is 69.6 Å². The molecule has 10 N–H and O–H groups in total. The molecule has 0 aliphatic heterocycles. The lowest BCUT2D eigenvalue weighted by molar-refractivity contribution is 0.239. The van der Waals surface area contributed by atoms with Crippen LogP contribution in [0, 0.1) is 17.5 Å². The van der Waals surface area contributed by atoms with Gasteiger partial charge in [-0.1, -0.05) is 128 Å². The third kappa shape index (κ3) is 15.4. The number of halogens is 9. The second-order valence-electron chi connectivity index (χ2n) is 25.1. The maximum Gasteiger partial charge on any atom is 0.158 e. The summed E-state index contributed by atoms with van der Waals surface area (Å²) in [7, 11) is 3.76. The zero-order valence-corrected chi connectivity index (χ0v) is 62.8. The Bertz CT molecular complexity index is 5070. The summed E-state index contributed by atoms with van der Waals surface area (Å²) in [6.45, 7) is 28.3. The maximum absolute atomic E-state index is 15.6.